The van der Waals surface area contributed by atoms with Crippen molar-refractivity contribution in [1.29, 1.82) is 0 Å². The zero-order valence-electron chi connectivity index (χ0n) is 13.8. The summed E-state index contributed by atoms with van der Waals surface area (Å²) in [5, 5.41) is 3.13. The summed E-state index contributed by atoms with van der Waals surface area (Å²) in [5.41, 5.74) is 5.13. The predicted molar refractivity (Wildman–Crippen MR) is 89.9 cm³/mol. The van der Waals surface area contributed by atoms with E-state index in [2.05, 4.69) is 22.4 Å². The largest absolute Gasteiger partial charge is 0.354 e. The normalized spacial score (nSPS) is 16.7. The molecule has 0 radical (unpaired) electrons. The Morgan fingerprint density at radius 1 is 1.22 bits per heavy atom. The molecule has 0 aliphatic heterocycles. The summed E-state index contributed by atoms with van der Waals surface area (Å²) >= 11 is 0. The van der Waals surface area contributed by atoms with Gasteiger partial charge in [-0.05, 0) is 56.7 Å². The highest BCUT2D eigenvalue weighted by molar-refractivity contribution is 6.02. The number of aromatic amines is 1. The summed E-state index contributed by atoms with van der Waals surface area (Å²) < 4.78 is 0. The molecule has 2 N–H and O–H groups in total. The van der Waals surface area contributed by atoms with Gasteiger partial charge in [0.05, 0.1) is 6.04 Å². The first-order chi connectivity index (χ1) is 11.0. The first-order valence-electron chi connectivity index (χ1n) is 8.07. The van der Waals surface area contributed by atoms with Gasteiger partial charge >= 0.3 is 0 Å². The molecule has 0 saturated carbocycles. The van der Waals surface area contributed by atoms with Crippen LogP contribution in [0.2, 0.25) is 0 Å². The molecule has 120 valence electrons. The van der Waals surface area contributed by atoms with Crippen LogP contribution in [0, 0.1) is 13.8 Å². The molecule has 0 saturated heterocycles. The third kappa shape index (κ3) is 2.81. The second kappa shape index (κ2) is 6.03. The number of nitrogens with one attached hydrogen (secondary N) is 2. The molecule has 4 heteroatoms. The van der Waals surface area contributed by atoms with Gasteiger partial charge in [-0.3, -0.25) is 9.59 Å². The van der Waals surface area contributed by atoms with Crippen molar-refractivity contribution >= 4 is 11.7 Å². The molecule has 1 heterocycles. The zero-order chi connectivity index (χ0) is 16.6. The number of amides is 1. The van der Waals surface area contributed by atoms with Crippen molar-refractivity contribution in [1.82, 2.24) is 10.3 Å². The SMILES string of the molecule is CC(=O)c1c(C)[nH]c(C(=O)NC2CCCc3ccccc32)c1C. The number of benzene rings is 1. The summed E-state index contributed by atoms with van der Waals surface area (Å²) in [6, 6.07) is 8.32. The summed E-state index contributed by atoms with van der Waals surface area (Å²) in [5.74, 6) is -0.155. The van der Waals surface area contributed by atoms with E-state index in [4.69, 9.17) is 0 Å². The molecule has 0 fully saturated rings. The summed E-state index contributed by atoms with van der Waals surface area (Å²) in [6.45, 7) is 5.18. The maximum absolute atomic E-state index is 12.7. The third-order valence-electron chi connectivity index (χ3n) is 4.69. The number of carbonyl (C=O) groups is 2. The quantitative estimate of drug-likeness (QED) is 0.850. The molecule has 1 aliphatic carbocycles. The topological polar surface area (TPSA) is 62.0 Å². The smallest absolute Gasteiger partial charge is 0.268 e. The lowest BCUT2D eigenvalue weighted by atomic mass is 9.87. The molecule has 1 aromatic heterocycles. The zero-order valence-corrected chi connectivity index (χ0v) is 13.8. The van der Waals surface area contributed by atoms with Gasteiger partial charge in [0.25, 0.3) is 5.91 Å². The lowest BCUT2D eigenvalue weighted by Crippen LogP contribution is -2.31. The molecule has 1 unspecified atom stereocenters. The van der Waals surface area contributed by atoms with Gasteiger partial charge in [-0.25, -0.2) is 0 Å². The second-order valence-electron chi connectivity index (χ2n) is 6.30. The molecule has 0 bridgehead atoms. The minimum Gasteiger partial charge on any atom is -0.354 e. The number of hydrogen-bond donors (Lipinski definition) is 2. The van der Waals surface area contributed by atoms with E-state index in [0.717, 1.165) is 30.5 Å². The molecule has 1 aliphatic rings. The van der Waals surface area contributed by atoms with E-state index >= 15 is 0 Å². The third-order valence-corrected chi connectivity index (χ3v) is 4.69. The van der Waals surface area contributed by atoms with Crippen LogP contribution in [-0.2, 0) is 6.42 Å². The van der Waals surface area contributed by atoms with Crippen LogP contribution in [0.15, 0.2) is 24.3 Å². The number of aryl methyl sites for hydroxylation is 2. The number of fused-ring (bicyclic) bond motifs is 1. The fourth-order valence-corrected chi connectivity index (χ4v) is 3.64. The Labute approximate surface area is 136 Å². The van der Waals surface area contributed by atoms with Crippen LogP contribution >= 0.6 is 0 Å². The molecule has 1 aromatic carbocycles. The van der Waals surface area contributed by atoms with Gasteiger partial charge in [0.15, 0.2) is 5.78 Å². The molecule has 1 amide bonds. The minimum atomic E-state index is -0.139. The molecule has 4 nitrogen and oxygen atoms in total. The van der Waals surface area contributed by atoms with Crippen molar-refractivity contribution in [2.75, 3.05) is 0 Å². The number of aromatic nitrogens is 1. The van der Waals surface area contributed by atoms with Gasteiger partial charge < -0.3 is 10.3 Å². The fraction of sp³-hybridized carbons (Fsp3) is 0.368. The van der Waals surface area contributed by atoms with Crippen molar-refractivity contribution in [2.24, 2.45) is 0 Å². The lowest BCUT2D eigenvalue weighted by molar-refractivity contribution is 0.0927. The monoisotopic (exact) mass is 310 g/mol. The maximum Gasteiger partial charge on any atom is 0.268 e. The van der Waals surface area contributed by atoms with Crippen LogP contribution in [0.1, 0.15) is 69.0 Å². The van der Waals surface area contributed by atoms with E-state index in [1.165, 1.54) is 18.1 Å². The molecule has 23 heavy (non-hydrogen) atoms. The first kappa shape index (κ1) is 15.5. The number of ketones is 1. The van der Waals surface area contributed by atoms with Crippen molar-refractivity contribution in [2.45, 2.75) is 46.1 Å². The molecule has 0 spiro atoms. The summed E-state index contributed by atoms with van der Waals surface area (Å²) in [4.78, 5) is 27.5. The average molecular weight is 310 g/mol. The molecule has 1 atom stereocenters. The van der Waals surface area contributed by atoms with Gasteiger partial charge in [-0.1, -0.05) is 24.3 Å². The van der Waals surface area contributed by atoms with Gasteiger partial charge in [0.1, 0.15) is 5.69 Å². The number of Topliss-reactive ketones (excluding diaryl/α,β-unsaturated/α-hetero) is 1. The second-order valence-corrected chi connectivity index (χ2v) is 6.30. The fourth-order valence-electron chi connectivity index (χ4n) is 3.64. The van der Waals surface area contributed by atoms with Crippen molar-refractivity contribution in [3.05, 3.63) is 57.9 Å². The highest BCUT2D eigenvalue weighted by atomic mass is 16.2. The van der Waals surface area contributed by atoms with E-state index in [-0.39, 0.29) is 17.7 Å². The Balaban J connectivity index is 1.87. The van der Waals surface area contributed by atoms with E-state index in [9.17, 15) is 9.59 Å². The van der Waals surface area contributed by atoms with Gasteiger partial charge in [-0.2, -0.15) is 0 Å². The lowest BCUT2D eigenvalue weighted by Gasteiger charge is -2.26. The number of rotatable bonds is 3. The average Bonchev–Trinajstić information content (AvgIpc) is 2.82. The van der Waals surface area contributed by atoms with Crippen molar-refractivity contribution in [3.8, 4) is 0 Å². The summed E-state index contributed by atoms with van der Waals surface area (Å²) in [7, 11) is 0. The maximum atomic E-state index is 12.7. The van der Waals surface area contributed by atoms with E-state index in [1.54, 1.807) is 0 Å². The first-order valence-corrected chi connectivity index (χ1v) is 8.07. The highest BCUT2D eigenvalue weighted by Crippen LogP contribution is 2.30. The molecular weight excluding hydrogens is 288 g/mol. The number of H-pyrrole nitrogens is 1. The number of hydrogen-bond acceptors (Lipinski definition) is 2. The minimum absolute atomic E-state index is 0.0155. The standard InChI is InChI=1S/C19H22N2O2/c1-11-17(13(3)22)12(2)20-18(11)19(23)21-16-10-6-8-14-7-4-5-9-15(14)16/h4-5,7,9,16,20H,6,8,10H2,1-3H3,(H,21,23). The van der Waals surface area contributed by atoms with Crippen LogP contribution in [0.5, 0.6) is 0 Å². The van der Waals surface area contributed by atoms with E-state index < -0.39 is 0 Å². The Morgan fingerprint density at radius 2 is 1.96 bits per heavy atom. The Morgan fingerprint density at radius 3 is 2.65 bits per heavy atom. The highest BCUT2D eigenvalue weighted by Gasteiger charge is 2.25. The van der Waals surface area contributed by atoms with Crippen molar-refractivity contribution < 1.29 is 9.59 Å². The van der Waals surface area contributed by atoms with E-state index in [1.807, 2.05) is 26.0 Å². The Hall–Kier alpha value is -2.36. The van der Waals surface area contributed by atoms with Crippen molar-refractivity contribution in [3.63, 3.8) is 0 Å². The van der Waals surface area contributed by atoms with Gasteiger partial charge in [-0.15, -0.1) is 0 Å². The van der Waals surface area contributed by atoms with Gasteiger partial charge in [0.2, 0.25) is 0 Å². The number of carbonyl (C=O) groups excluding carboxylic acids is 2. The Bertz CT molecular complexity index is 774. The summed E-state index contributed by atoms with van der Waals surface area (Å²) in [6.07, 6.45) is 3.09. The van der Waals surface area contributed by atoms with E-state index in [0.29, 0.717) is 11.3 Å². The van der Waals surface area contributed by atoms with Crippen LogP contribution in [-0.4, -0.2) is 16.7 Å². The molecule has 3 rings (SSSR count). The van der Waals surface area contributed by atoms with Crippen LogP contribution < -0.4 is 5.32 Å². The molecule has 2 aromatic rings. The molecular formula is C19H22N2O2. The van der Waals surface area contributed by atoms with Gasteiger partial charge in [0, 0.05) is 11.3 Å². The van der Waals surface area contributed by atoms with Crippen LogP contribution in [0.3, 0.4) is 0 Å². The predicted octanol–water partition coefficient (Wildman–Crippen LogP) is 3.64. The Kier molecular flexibility index (Phi) is 4.07. The van der Waals surface area contributed by atoms with Crippen LogP contribution in [0.4, 0.5) is 0 Å². The van der Waals surface area contributed by atoms with Crippen LogP contribution in [0.25, 0.3) is 0 Å².